The van der Waals surface area contributed by atoms with E-state index in [1.54, 1.807) is 29.8 Å². The van der Waals surface area contributed by atoms with E-state index in [0.29, 0.717) is 37.4 Å². The quantitative estimate of drug-likeness (QED) is 0.0531. The first-order chi connectivity index (χ1) is 27.4. The maximum atomic E-state index is 14.0. The average Bonchev–Trinajstić information content (AvgIpc) is 3.23. The van der Waals surface area contributed by atoms with Crippen LogP contribution in [-0.2, 0) is 20.9 Å². The number of fused-ring (bicyclic) bond motifs is 2. The third-order valence-electron chi connectivity index (χ3n) is 11.2. The number of nitrogens with zero attached hydrogens (tertiary/aromatic N) is 2. The maximum Gasteiger partial charge on any atom is 0.410 e. The summed E-state index contributed by atoms with van der Waals surface area (Å²) >= 11 is 1.68. The van der Waals surface area contributed by atoms with Crippen molar-refractivity contribution in [2.45, 2.75) is 81.1 Å². The number of rotatable bonds is 19. The van der Waals surface area contributed by atoms with Gasteiger partial charge in [-0.05, 0) is 104 Å². The van der Waals surface area contributed by atoms with Gasteiger partial charge in [0.15, 0.2) is 0 Å². The molecule has 0 spiro atoms. The fraction of sp³-hybridized carbons (Fsp3) is 0.467. The number of aliphatic hydroxyl groups excluding tert-OH is 2. The molecule has 6 rings (SSSR count). The molecule has 0 saturated heterocycles. The molecule has 1 heterocycles. The fourth-order valence-electron chi connectivity index (χ4n) is 8.66. The Morgan fingerprint density at radius 3 is 2.45 bits per heavy atom. The number of unbranched alkanes of at least 4 members (excludes halogenated alkanes) is 2. The molecule has 2 aliphatic carbocycles. The van der Waals surface area contributed by atoms with Gasteiger partial charge in [0, 0.05) is 43.1 Å². The lowest BCUT2D eigenvalue weighted by molar-refractivity contribution is -0.253. The van der Waals surface area contributed by atoms with E-state index in [0.717, 1.165) is 58.7 Å². The number of benzene rings is 3. The molecular weight excluding hydrogens is 729 g/mol. The number of hydrogen-bond acceptors (Lipinski definition) is 10. The molecule has 1 aliphatic heterocycles. The first-order valence-corrected chi connectivity index (χ1v) is 21.1. The average molecular weight is 785 g/mol. The second-order valence-electron chi connectivity index (χ2n) is 14.6. The van der Waals surface area contributed by atoms with Gasteiger partial charge in [-0.25, -0.2) is 4.79 Å². The lowest BCUT2D eigenvalue weighted by Crippen LogP contribution is -2.69. The summed E-state index contributed by atoms with van der Waals surface area (Å²) in [5, 5.41) is 24.4. The van der Waals surface area contributed by atoms with Gasteiger partial charge in [0.05, 0.1) is 18.2 Å². The van der Waals surface area contributed by atoms with Crippen LogP contribution in [0.2, 0.25) is 0 Å². The van der Waals surface area contributed by atoms with Crippen LogP contribution in [0.3, 0.4) is 0 Å². The van der Waals surface area contributed by atoms with E-state index in [2.05, 4.69) is 18.7 Å². The minimum Gasteiger partial charge on any atom is -0.459 e. The number of carbonyl (C=O) groups excluding carboxylic acids is 1. The summed E-state index contributed by atoms with van der Waals surface area (Å²) in [4.78, 5) is 22.6. The van der Waals surface area contributed by atoms with Crippen LogP contribution in [0.5, 0.6) is 17.2 Å². The molecule has 11 heteroatoms. The highest BCUT2D eigenvalue weighted by Crippen LogP contribution is 2.62. The Labute approximate surface area is 335 Å². The van der Waals surface area contributed by atoms with Crippen LogP contribution in [0, 0.1) is 17.8 Å². The van der Waals surface area contributed by atoms with Crippen LogP contribution < -0.4 is 9.47 Å². The highest BCUT2D eigenvalue weighted by atomic mass is 32.2. The monoisotopic (exact) mass is 784 g/mol. The van der Waals surface area contributed by atoms with Crippen molar-refractivity contribution in [2.24, 2.45) is 22.9 Å². The van der Waals surface area contributed by atoms with Crippen LogP contribution in [0.25, 0.3) is 0 Å². The first-order valence-electron chi connectivity index (χ1n) is 19.8. The summed E-state index contributed by atoms with van der Waals surface area (Å²) in [5.41, 5.74) is 3.59. The molecule has 0 radical (unpaired) electrons. The third kappa shape index (κ3) is 9.12. The van der Waals surface area contributed by atoms with Gasteiger partial charge < -0.3 is 38.9 Å². The summed E-state index contributed by atoms with van der Waals surface area (Å²) < 4.78 is 26.5. The molecule has 3 aliphatic rings. The Balaban J connectivity index is 1.51. The summed E-state index contributed by atoms with van der Waals surface area (Å²) in [5.74, 6) is 0.362. The van der Waals surface area contributed by atoms with Gasteiger partial charge in [0.2, 0.25) is 5.79 Å². The predicted octanol–water partition coefficient (Wildman–Crippen LogP) is 9.12. The van der Waals surface area contributed by atoms with Crippen LogP contribution in [0.15, 0.2) is 107 Å². The Kier molecular flexibility index (Phi) is 14.6. The minimum absolute atomic E-state index is 0.0990. The largest absolute Gasteiger partial charge is 0.459 e. The Morgan fingerprint density at radius 1 is 1.02 bits per heavy atom. The predicted molar refractivity (Wildman–Crippen MR) is 219 cm³/mol. The van der Waals surface area contributed by atoms with Crippen LogP contribution in [-0.4, -0.2) is 78.5 Å². The van der Waals surface area contributed by atoms with Crippen molar-refractivity contribution in [1.29, 1.82) is 0 Å². The SMILES string of the molecule is C=CCOC12Oc3ccc(Oc4ccc(SC)cc4)cc3C3C(CCCCO)C(CCCCO)C=C(C(=NOCC)CC1N(C)C(=O)OCc1ccccc1)C32. The zero-order valence-electron chi connectivity index (χ0n) is 32.8. The smallest absolute Gasteiger partial charge is 0.410 e. The van der Waals surface area contributed by atoms with Gasteiger partial charge in [-0.1, -0.05) is 60.5 Å². The molecule has 0 bridgehead atoms. The van der Waals surface area contributed by atoms with Crippen LogP contribution >= 0.6 is 11.8 Å². The van der Waals surface area contributed by atoms with Crippen molar-refractivity contribution in [1.82, 2.24) is 4.90 Å². The number of hydrogen-bond donors (Lipinski definition) is 2. The van der Waals surface area contributed by atoms with Crippen molar-refractivity contribution in [2.75, 3.05) is 39.7 Å². The van der Waals surface area contributed by atoms with Gasteiger partial charge in [0.25, 0.3) is 0 Å². The van der Waals surface area contributed by atoms with Crippen molar-refractivity contribution in [3.63, 3.8) is 0 Å². The number of allylic oxidation sites excluding steroid dienone is 1. The minimum atomic E-state index is -1.36. The van der Waals surface area contributed by atoms with E-state index in [1.807, 2.05) is 79.9 Å². The van der Waals surface area contributed by atoms with E-state index in [9.17, 15) is 15.0 Å². The zero-order valence-corrected chi connectivity index (χ0v) is 33.6. The molecule has 3 aromatic carbocycles. The second kappa shape index (κ2) is 19.7. The number of thioether (sulfide) groups is 1. The van der Waals surface area contributed by atoms with Gasteiger partial charge in [-0.3, -0.25) is 0 Å². The maximum absolute atomic E-state index is 14.0. The molecular formula is C45H56N2O8S. The number of carbonyl (C=O) groups is 1. The highest BCUT2D eigenvalue weighted by molar-refractivity contribution is 7.98. The number of aliphatic hydroxyl groups is 2. The van der Waals surface area contributed by atoms with E-state index >= 15 is 0 Å². The molecule has 300 valence electrons. The molecule has 3 aromatic rings. The number of ether oxygens (including phenoxy) is 4. The van der Waals surface area contributed by atoms with E-state index in [-0.39, 0.29) is 44.2 Å². The van der Waals surface area contributed by atoms with E-state index in [4.69, 9.17) is 28.9 Å². The number of likely N-dealkylation sites (N-methyl/N-ethyl adjacent to an activating group) is 1. The first kappa shape index (κ1) is 41.3. The molecule has 1 amide bonds. The summed E-state index contributed by atoms with van der Waals surface area (Å²) in [6.07, 6.45) is 10.6. The molecule has 10 nitrogen and oxygen atoms in total. The van der Waals surface area contributed by atoms with Crippen LogP contribution in [0.4, 0.5) is 4.79 Å². The Bertz CT molecular complexity index is 1820. The van der Waals surface area contributed by atoms with Gasteiger partial charge in [0.1, 0.15) is 36.5 Å². The normalized spacial score (nSPS) is 24.3. The number of oxime groups is 1. The van der Waals surface area contributed by atoms with E-state index in [1.165, 1.54) is 0 Å². The fourth-order valence-corrected chi connectivity index (χ4v) is 9.07. The summed E-state index contributed by atoms with van der Waals surface area (Å²) in [6, 6.07) is 22.9. The molecule has 2 N–H and O–H groups in total. The van der Waals surface area contributed by atoms with Crippen molar-refractivity contribution >= 4 is 23.6 Å². The Morgan fingerprint density at radius 2 is 1.75 bits per heavy atom. The Hall–Kier alpha value is -4.29. The van der Waals surface area contributed by atoms with Crippen molar-refractivity contribution < 1.29 is 38.8 Å². The molecule has 6 atom stereocenters. The van der Waals surface area contributed by atoms with Gasteiger partial charge in [-0.15, -0.1) is 18.3 Å². The zero-order chi connectivity index (χ0) is 39.5. The van der Waals surface area contributed by atoms with Gasteiger partial charge >= 0.3 is 6.09 Å². The van der Waals surface area contributed by atoms with Crippen LogP contribution in [0.1, 0.15) is 68.9 Å². The lowest BCUT2D eigenvalue weighted by Gasteiger charge is -2.59. The highest BCUT2D eigenvalue weighted by Gasteiger charge is 2.65. The molecule has 6 unspecified atom stereocenters. The lowest BCUT2D eigenvalue weighted by atomic mass is 9.55. The second-order valence-corrected chi connectivity index (χ2v) is 15.5. The standard InChI is InChI=1S/C45H56N2O8S/c1-5-26-52-45-41(47(3)44(50)51-30-31-14-8-7-9-15-31)29-39(46-53-6-2)37-27-32(16-10-12-24-48)36(17-11-13-25-49)42(43(37)45)38-28-34(20-23-40(38)55-45)54-33-18-21-35(56-4)22-19-33/h5,7-9,14-15,18-23,27-28,32,36,41-43,48-49H,1,6,10-13,16-17,24-26,29-30H2,2-4H3. The van der Waals surface area contributed by atoms with Crippen molar-refractivity contribution in [3.05, 3.63) is 108 Å². The molecule has 1 fully saturated rings. The summed E-state index contributed by atoms with van der Waals surface area (Å²) in [6.45, 7) is 6.80. The van der Waals surface area contributed by atoms with Crippen molar-refractivity contribution in [3.8, 4) is 17.2 Å². The molecule has 0 aromatic heterocycles. The molecule has 1 saturated carbocycles. The number of amides is 1. The summed E-state index contributed by atoms with van der Waals surface area (Å²) in [7, 11) is 1.73. The third-order valence-corrected chi connectivity index (χ3v) is 11.9. The van der Waals surface area contributed by atoms with Gasteiger partial charge in [-0.2, -0.15) is 0 Å². The topological polar surface area (TPSA) is 119 Å². The van der Waals surface area contributed by atoms with E-state index < -0.39 is 23.8 Å². The molecule has 56 heavy (non-hydrogen) atoms.